The van der Waals surface area contributed by atoms with Crippen molar-refractivity contribution in [1.82, 2.24) is 0 Å². The average Bonchev–Trinajstić information content (AvgIpc) is 1.83. The van der Waals surface area contributed by atoms with Crippen molar-refractivity contribution < 1.29 is 36.9 Å². The second-order valence-corrected chi connectivity index (χ2v) is 3.18. The summed E-state index contributed by atoms with van der Waals surface area (Å²) in [6.45, 7) is 2.44. The van der Waals surface area contributed by atoms with Gasteiger partial charge < -0.3 is 33.1 Å². The summed E-state index contributed by atoms with van der Waals surface area (Å²) in [5.41, 5.74) is 16.3. The normalized spacial score (nSPS) is 10.5. The number of carbonyl (C=O) groups is 2. The largest absolute Gasteiger partial charge is 0.479 e. The molecule has 1 radical (unpaired) electrons. The van der Waals surface area contributed by atoms with Crippen LogP contribution < -0.4 is 22.9 Å². The van der Waals surface area contributed by atoms with E-state index in [1.54, 1.807) is 0 Å². The van der Waals surface area contributed by atoms with E-state index in [4.69, 9.17) is 33.1 Å². The molecule has 10 N–H and O–H groups in total. The summed E-state index contributed by atoms with van der Waals surface area (Å²) in [6, 6.07) is 0. The van der Waals surface area contributed by atoms with Crippen LogP contribution in [0, 0.1) is 0 Å². The topological polar surface area (TPSA) is 179 Å². The van der Waals surface area contributed by atoms with E-state index in [9.17, 15) is 9.59 Å². The molecular weight excluding hydrogens is 256 g/mol. The molecule has 0 aromatic rings. The number of aliphatic carboxylic acids is 2. The van der Waals surface area contributed by atoms with Crippen LogP contribution in [0.4, 0.5) is 0 Å². The minimum absolute atomic E-state index is 0. The third-order valence-electron chi connectivity index (χ3n) is 0.922. The van der Waals surface area contributed by atoms with Gasteiger partial charge in [-0.25, -0.2) is 9.59 Å². The fraction of sp³-hybridized carbons (Fsp3) is 0.667. The van der Waals surface area contributed by atoms with Crippen molar-refractivity contribution in [2.24, 2.45) is 22.9 Å². The SMILES string of the molecule is CC(N)(N)C(=O)O.CC(N)(N)C(=O)O.[Cu]. The quantitative estimate of drug-likeness (QED) is 0.234. The molecule has 0 aromatic heterocycles. The maximum atomic E-state index is 9.77. The van der Waals surface area contributed by atoms with Crippen LogP contribution in [-0.2, 0) is 26.7 Å². The Bertz CT molecular complexity index is 196. The third-order valence-corrected chi connectivity index (χ3v) is 0.922. The van der Waals surface area contributed by atoms with E-state index in [2.05, 4.69) is 0 Å². The van der Waals surface area contributed by atoms with Crippen molar-refractivity contribution >= 4 is 11.9 Å². The van der Waals surface area contributed by atoms with Crippen molar-refractivity contribution in [2.45, 2.75) is 25.2 Å². The second kappa shape index (κ2) is 6.72. The first-order valence-corrected chi connectivity index (χ1v) is 3.51. The van der Waals surface area contributed by atoms with E-state index in [0.717, 1.165) is 0 Å². The molecule has 15 heavy (non-hydrogen) atoms. The number of carboxylic acid groups (broad SMARTS) is 2. The molecule has 0 rings (SSSR count). The molecule has 9 heteroatoms. The Morgan fingerprint density at radius 1 is 0.867 bits per heavy atom. The van der Waals surface area contributed by atoms with Crippen LogP contribution in [0.25, 0.3) is 0 Å². The number of rotatable bonds is 2. The molecule has 8 nitrogen and oxygen atoms in total. The monoisotopic (exact) mass is 271 g/mol. The van der Waals surface area contributed by atoms with Gasteiger partial charge in [0.1, 0.15) is 0 Å². The molecule has 0 bridgehead atoms. The zero-order chi connectivity index (χ0) is 12.2. The van der Waals surface area contributed by atoms with Gasteiger partial charge in [-0.05, 0) is 13.8 Å². The van der Waals surface area contributed by atoms with Gasteiger partial charge >= 0.3 is 11.9 Å². The molecule has 0 fully saturated rings. The van der Waals surface area contributed by atoms with Crippen molar-refractivity contribution in [1.29, 1.82) is 0 Å². The molecule has 0 aliphatic carbocycles. The first kappa shape index (κ1) is 19.8. The maximum absolute atomic E-state index is 9.77. The fourth-order valence-corrected chi connectivity index (χ4v) is 0. The molecule has 0 spiro atoms. The van der Waals surface area contributed by atoms with Crippen molar-refractivity contribution in [3.63, 3.8) is 0 Å². The third kappa shape index (κ3) is 13.3. The molecule has 0 saturated carbocycles. The Balaban J connectivity index is -0.000000180. The summed E-state index contributed by atoms with van der Waals surface area (Å²) >= 11 is 0. The Labute approximate surface area is 97.4 Å². The van der Waals surface area contributed by atoms with Crippen LogP contribution in [0.2, 0.25) is 0 Å². The summed E-state index contributed by atoms with van der Waals surface area (Å²) < 4.78 is 0. The van der Waals surface area contributed by atoms with Gasteiger partial charge in [-0.1, -0.05) is 0 Å². The van der Waals surface area contributed by atoms with Crippen molar-refractivity contribution in [3.8, 4) is 0 Å². The van der Waals surface area contributed by atoms with E-state index < -0.39 is 23.3 Å². The first-order valence-electron chi connectivity index (χ1n) is 3.51. The minimum Gasteiger partial charge on any atom is -0.479 e. The van der Waals surface area contributed by atoms with E-state index in [-0.39, 0.29) is 17.1 Å². The summed E-state index contributed by atoms with van der Waals surface area (Å²) in [5, 5.41) is 16.0. The predicted octanol–water partition coefficient (Wildman–Crippen LogP) is -2.59. The molecule has 0 amide bonds. The van der Waals surface area contributed by atoms with Crippen LogP contribution in [0.3, 0.4) is 0 Å². The van der Waals surface area contributed by atoms with Crippen molar-refractivity contribution in [2.75, 3.05) is 0 Å². The summed E-state index contributed by atoms with van der Waals surface area (Å²) in [7, 11) is 0. The number of hydrogen-bond acceptors (Lipinski definition) is 6. The van der Waals surface area contributed by atoms with Crippen LogP contribution in [0.15, 0.2) is 0 Å². The van der Waals surface area contributed by atoms with Crippen LogP contribution in [0.5, 0.6) is 0 Å². The van der Waals surface area contributed by atoms with Gasteiger partial charge in [0.25, 0.3) is 0 Å². The zero-order valence-corrected chi connectivity index (χ0v) is 9.26. The van der Waals surface area contributed by atoms with Gasteiger partial charge in [0.2, 0.25) is 0 Å². The smallest absolute Gasteiger partial charge is 0.338 e. The van der Waals surface area contributed by atoms with E-state index >= 15 is 0 Å². The molecule has 0 unspecified atom stereocenters. The van der Waals surface area contributed by atoms with Gasteiger partial charge in [-0.2, -0.15) is 0 Å². The standard InChI is InChI=1S/2C3H8N2O2.Cu/c2*1-3(4,5)2(6)7;/h2*4-5H2,1H3,(H,6,7);. The summed E-state index contributed by atoms with van der Waals surface area (Å²) in [5.74, 6) is -2.40. The van der Waals surface area contributed by atoms with Crippen molar-refractivity contribution in [3.05, 3.63) is 0 Å². The Morgan fingerprint density at radius 2 is 0.933 bits per heavy atom. The number of hydrogen-bond donors (Lipinski definition) is 6. The summed E-state index contributed by atoms with van der Waals surface area (Å²) in [6.07, 6.45) is 0. The average molecular weight is 272 g/mol. The van der Waals surface area contributed by atoms with Gasteiger partial charge in [-0.3, -0.25) is 0 Å². The van der Waals surface area contributed by atoms with E-state index in [1.807, 2.05) is 0 Å². The van der Waals surface area contributed by atoms with Gasteiger partial charge in [0.15, 0.2) is 11.3 Å². The van der Waals surface area contributed by atoms with Crippen LogP contribution in [-0.4, -0.2) is 33.5 Å². The van der Waals surface area contributed by atoms with E-state index in [0.29, 0.717) is 0 Å². The Morgan fingerprint density at radius 3 is 0.933 bits per heavy atom. The molecule has 0 atom stereocenters. The Hall–Kier alpha value is -0.701. The molecule has 0 saturated heterocycles. The van der Waals surface area contributed by atoms with Gasteiger partial charge in [0.05, 0.1) is 0 Å². The number of nitrogens with two attached hydrogens (primary N) is 4. The molecule has 0 aliphatic rings. The van der Waals surface area contributed by atoms with Crippen LogP contribution >= 0.6 is 0 Å². The maximum Gasteiger partial charge on any atom is 0.338 e. The molecule has 0 aromatic carbocycles. The zero-order valence-electron chi connectivity index (χ0n) is 8.32. The molecule has 0 heterocycles. The van der Waals surface area contributed by atoms with Gasteiger partial charge in [0, 0.05) is 17.1 Å². The second-order valence-electron chi connectivity index (χ2n) is 3.18. The Kier molecular flexibility index (Phi) is 8.88. The first-order chi connectivity index (χ1) is 5.89. The van der Waals surface area contributed by atoms with Crippen LogP contribution in [0.1, 0.15) is 13.8 Å². The molecular formula is C6H16CuN4O4. The summed E-state index contributed by atoms with van der Waals surface area (Å²) in [4.78, 5) is 19.5. The fourth-order valence-electron chi connectivity index (χ4n) is 0. The minimum atomic E-state index is -1.58. The number of carboxylic acids is 2. The molecule has 0 aliphatic heterocycles. The molecule has 95 valence electrons. The van der Waals surface area contributed by atoms with Gasteiger partial charge in [-0.15, -0.1) is 0 Å². The predicted molar refractivity (Wildman–Crippen MR) is 48.8 cm³/mol. The van der Waals surface area contributed by atoms with E-state index in [1.165, 1.54) is 13.8 Å².